The standard InChI is InChI=1S/C20H12N4S4/c25-15-8-13-6-11-2-1-9(21-11)5-10-3-4-12(22-10)7-14-18(26)20(28)17(24-14)19(27)16(15)23-13/h1-8,25-28H. The first kappa shape index (κ1) is 18.1. The molecular weight excluding hydrogens is 425 g/mol. The molecule has 0 aliphatic carbocycles. The molecule has 0 aromatic heterocycles. The number of rotatable bonds is 0. The van der Waals surface area contributed by atoms with E-state index in [4.69, 9.17) is 0 Å². The van der Waals surface area contributed by atoms with E-state index in [1.807, 2.05) is 48.6 Å². The lowest BCUT2D eigenvalue weighted by atomic mass is 10.2. The Morgan fingerprint density at radius 3 is 1.89 bits per heavy atom. The predicted molar refractivity (Wildman–Crippen MR) is 130 cm³/mol. The van der Waals surface area contributed by atoms with E-state index in [0.29, 0.717) is 36.7 Å². The van der Waals surface area contributed by atoms with Gasteiger partial charge in [0.05, 0.1) is 50.5 Å². The van der Waals surface area contributed by atoms with Gasteiger partial charge in [-0.1, -0.05) is 0 Å². The number of thiol groups is 4. The van der Waals surface area contributed by atoms with Crippen molar-refractivity contribution in [1.29, 1.82) is 0 Å². The Labute approximate surface area is 183 Å². The lowest BCUT2D eigenvalue weighted by Gasteiger charge is -2.04. The van der Waals surface area contributed by atoms with Crippen LogP contribution in [-0.2, 0) is 0 Å². The zero-order valence-electron chi connectivity index (χ0n) is 14.2. The van der Waals surface area contributed by atoms with Crippen LogP contribution in [-0.4, -0.2) is 22.8 Å². The van der Waals surface area contributed by atoms with Crippen molar-refractivity contribution in [3.05, 3.63) is 91.0 Å². The molecule has 4 nitrogen and oxygen atoms in total. The van der Waals surface area contributed by atoms with E-state index >= 15 is 0 Å². The minimum absolute atomic E-state index is 0.595. The molecule has 5 rings (SSSR count). The van der Waals surface area contributed by atoms with Crippen LogP contribution in [0.5, 0.6) is 0 Å². The van der Waals surface area contributed by atoms with Crippen molar-refractivity contribution >= 4 is 73.4 Å². The maximum atomic E-state index is 4.67. The molecule has 0 N–H and O–H groups in total. The van der Waals surface area contributed by atoms with Crippen molar-refractivity contribution in [2.75, 3.05) is 0 Å². The second-order valence-electron chi connectivity index (χ2n) is 6.33. The number of hydrogen-bond donors (Lipinski definition) is 4. The normalized spacial score (nSPS) is 22.7. The van der Waals surface area contributed by atoms with Gasteiger partial charge in [0.1, 0.15) is 0 Å². The van der Waals surface area contributed by atoms with Crippen molar-refractivity contribution in [1.82, 2.24) is 0 Å². The van der Waals surface area contributed by atoms with E-state index in [9.17, 15) is 0 Å². The monoisotopic (exact) mass is 436 g/mol. The van der Waals surface area contributed by atoms with Crippen LogP contribution in [0.3, 0.4) is 0 Å². The average molecular weight is 437 g/mol. The van der Waals surface area contributed by atoms with Gasteiger partial charge in [-0.25, -0.2) is 20.0 Å². The van der Waals surface area contributed by atoms with E-state index in [1.165, 1.54) is 0 Å². The molecule has 0 aromatic rings. The third-order valence-electron chi connectivity index (χ3n) is 4.38. The van der Waals surface area contributed by atoms with Gasteiger partial charge in [-0.3, -0.25) is 0 Å². The summed E-state index contributed by atoms with van der Waals surface area (Å²) in [7, 11) is 0. The molecule has 28 heavy (non-hydrogen) atoms. The molecule has 0 amide bonds. The van der Waals surface area contributed by atoms with Gasteiger partial charge >= 0.3 is 0 Å². The zero-order chi connectivity index (χ0) is 19.4. The third-order valence-corrected chi connectivity index (χ3v) is 6.21. The maximum Gasteiger partial charge on any atom is 0.0938 e. The van der Waals surface area contributed by atoms with Gasteiger partial charge in [0, 0.05) is 14.7 Å². The number of hydrogen-bond acceptors (Lipinski definition) is 8. The molecule has 0 aromatic carbocycles. The van der Waals surface area contributed by atoms with Gasteiger partial charge < -0.3 is 0 Å². The summed E-state index contributed by atoms with van der Waals surface area (Å²) in [5.74, 6) is 0. The Bertz CT molecular complexity index is 1220. The number of fused-ring (bicyclic) bond motifs is 4. The molecule has 5 aliphatic heterocycles. The fourth-order valence-corrected chi connectivity index (χ4v) is 4.37. The second kappa shape index (κ2) is 6.81. The quantitative estimate of drug-likeness (QED) is 0.401. The molecular formula is C20H12N4S4. The van der Waals surface area contributed by atoms with Crippen LogP contribution in [0.2, 0.25) is 0 Å². The fourth-order valence-electron chi connectivity index (χ4n) is 3.07. The highest BCUT2D eigenvalue weighted by Gasteiger charge is 2.25. The molecule has 0 unspecified atom stereocenters. The molecule has 0 saturated heterocycles. The summed E-state index contributed by atoms with van der Waals surface area (Å²) >= 11 is 18.4. The van der Waals surface area contributed by atoms with E-state index in [-0.39, 0.29) is 0 Å². The zero-order valence-corrected chi connectivity index (χ0v) is 17.8. The third kappa shape index (κ3) is 3.10. The van der Waals surface area contributed by atoms with E-state index in [2.05, 4.69) is 70.5 Å². The van der Waals surface area contributed by atoms with Gasteiger partial charge in [0.15, 0.2) is 0 Å². The Kier molecular flexibility index (Phi) is 4.39. The van der Waals surface area contributed by atoms with Crippen LogP contribution in [0.25, 0.3) is 0 Å². The van der Waals surface area contributed by atoms with Crippen LogP contribution in [0.4, 0.5) is 0 Å². The summed E-state index contributed by atoms with van der Waals surface area (Å²) in [4.78, 5) is 21.2. The van der Waals surface area contributed by atoms with Gasteiger partial charge in [0.2, 0.25) is 0 Å². The molecule has 0 radical (unpaired) electrons. The predicted octanol–water partition coefficient (Wildman–Crippen LogP) is 4.61. The van der Waals surface area contributed by atoms with E-state index in [0.717, 1.165) is 28.5 Å². The smallest absolute Gasteiger partial charge is 0.0938 e. The summed E-state index contributed by atoms with van der Waals surface area (Å²) in [6.45, 7) is 0. The SMILES string of the molecule is SC1=CC2=CC3=NC(=CC4=NC(=CC5=NC(=C(S)C1=N2)C(S)=C5S)C=C4)C=C3. The Morgan fingerprint density at radius 1 is 0.536 bits per heavy atom. The summed E-state index contributed by atoms with van der Waals surface area (Å²) in [5.41, 5.74) is 5.95. The van der Waals surface area contributed by atoms with Crippen molar-refractivity contribution in [3.63, 3.8) is 0 Å². The minimum Gasteiger partial charge on any atom is -0.249 e. The molecule has 0 spiro atoms. The van der Waals surface area contributed by atoms with Gasteiger partial charge in [-0.05, 0) is 48.6 Å². The molecule has 8 heteroatoms. The van der Waals surface area contributed by atoms with Crippen LogP contribution in [0.15, 0.2) is 111 Å². The molecule has 5 aliphatic rings. The van der Waals surface area contributed by atoms with Crippen molar-refractivity contribution in [2.24, 2.45) is 20.0 Å². The Hall–Kier alpha value is -2.00. The largest absolute Gasteiger partial charge is 0.249 e. The summed E-state index contributed by atoms with van der Waals surface area (Å²) in [5, 5.41) is 0. The van der Waals surface area contributed by atoms with Crippen LogP contribution >= 0.6 is 50.5 Å². The van der Waals surface area contributed by atoms with Gasteiger partial charge in [-0.15, -0.1) is 50.5 Å². The van der Waals surface area contributed by atoms with Crippen LogP contribution < -0.4 is 0 Å². The summed E-state index contributed by atoms with van der Waals surface area (Å²) < 4.78 is 0. The average Bonchev–Trinajstić information content (AvgIpc) is 3.42. The molecule has 0 atom stereocenters. The molecule has 0 fully saturated rings. The first-order chi connectivity index (χ1) is 13.5. The summed E-state index contributed by atoms with van der Waals surface area (Å²) in [6.07, 6.45) is 15.4. The molecule has 8 bridgehead atoms. The first-order valence-electron chi connectivity index (χ1n) is 8.31. The van der Waals surface area contributed by atoms with Crippen molar-refractivity contribution in [2.45, 2.75) is 0 Å². The molecule has 136 valence electrons. The highest BCUT2D eigenvalue weighted by Crippen LogP contribution is 2.37. The van der Waals surface area contributed by atoms with E-state index in [1.54, 1.807) is 0 Å². The summed E-state index contributed by atoms with van der Waals surface area (Å²) in [6, 6.07) is 0. The topological polar surface area (TPSA) is 49.4 Å². The highest BCUT2D eigenvalue weighted by molar-refractivity contribution is 7.90. The van der Waals surface area contributed by atoms with Crippen molar-refractivity contribution in [3.8, 4) is 0 Å². The molecule has 5 heterocycles. The fraction of sp³-hybridized carbons (Fsp3) is 0. The van der Waals surface area contributed by atoms with Gasteiger partial charge in [-0.2, -0.15) is 0 Å². The lowest BCUT2D eigenvalue weighted by molar-refractivity contribution is 1.40. The Balaban J connectivity index is 1.74. The van der Waals surface area contributed by atoms with Crippen LogP contribution in [0.1, 0.15) is 0 Å². The number of nitrogens with zero attached hydrogens (tertiary/aromatic N) is 4. The Morgan fingerprint density at radius 2 is 1.18 bits per heavy atom. The van der Waals surface area contributed by atoms with Crippen LogP contribution in [0, 0.1) is 0 Å². The first-order valence-corrected chi connectivity index (χ1v) is 10.1. The van der Waals surface area contributed by atoms with Gasteiger partial charge in [0.25, 0.3) is 0 Å². The lowest BCUT2D eigenvalue weighted by Crippen LogP contribution is -1.98. The number of allylic oxidation sites excluding steroid dienone is 11. The van der Waals surface area contributed by atoms with E-state index < -0.39 is 0 Å². The second-order valence-corrected chi connectivity index (χ2v) is 8.15. The minimum atomic E-state index is 0.595. The maximum absolute atomic E-state index is 4.67. The number of aliphatic imine (C=N–C) groups is 4. The van der Waals surface area contributed by atoms with Crippen molar-refractivity contribution < 1.29 is 0 Å². The molecule has 0 saturated carbocycles. The highest BCUT2D eigenvalue weighted by atomic mass is 32.1.